The van der Waals surface area contributed by atoms with E-state index in [1.165, 1.54) is 5.56 Å². The number of hydrogen-bond donors (Lipinski definition) is 1. The van der Waals surface area contributed by atoms with Crippen LogP contribution in [0.2, 0.25) is 0 Å². The van der Waals surface area contributed by atoms with E-state index in [1.807, 2.05) is 62.4 Å². The Morgan fingerprint density at radius 1 is 1.14 bits per heavy atom. The summed E-state index contributed by atoms with van der Waals surface area (Å²) in [7, 11) is 0. The highest BCUT2D eigenvalue weighted by Gasteiger charge is 2.08. The average Bonchev–Trinajstić information content (AvgIpc) is 2.49. The molecular formula is C18H21NO2. The van der Waals surface area contributed by atoms with E-state index in [0.29, 0.717) is 13.0 Å². The van der Waals surface area contributed by atoms with Crippen LogP contribution in [-0.4, -0.2) is 12.5 Å². The highest BCUT2D eigenvalue weighted by molar-refractivity contribution is 5.92. The van der Waals surface area contributed by atoms with Crippen molar-refractivity contribution in [3.8, 4) is 5.75 Å². The van der Waals surface area contributed by atoms with Gasteiger partial charge in [-0.3, -0.25) is 4.79 Å². The molecule has 0 aliphatic heterocycles. The van der Waals surface area contributed by atoms with Gasteiger partial charge in [-0.05, 0) is 43.5 Å². The number of benzene rings is 2. The fourth-order valence-electron chi connectivity index (χ4n) is 2.12. The van der Waals surface area contributed by atoms with Gasteiger partial charge < -0.3 is 10.1 Å². The van der Waals surface area contributed by atoms with E-state index in [2.05, 4.69) is 5.32 Å². The summed E-state index contributed by atoms with van der Waals surface area (Å²) >= 11 is 0. The summed E-state index contributed by atoms with van der Waals surface area (Å²) in [4.78, 5) is 12.1. The van der Waals surface area contributed by atoms with Gasteiger partial charge in [0, 0.05) is 6.42 Å². The third-order valence-corrected chi connectivity index (χ3v) is 3.19. The van der Waals surface area contributed by atoms with E-state index in [-0.39, 0.29) is 5.91 Å². The van der Waals surface area contributed by atoms with Gasteiger partial charge in [0.1, 0.15) is 5.75 Å². The number of rotatable bonds is 6. The Hall–Kier alpha value is -2.29. The van der Waals surface area contributed by atoms with Gasteiger partial charge in [0.2, 0.25) is 5.91 Å². The minimum atomic E-state index is 0.00339. The van der Waals surface area contributed by atoms with Crippen molar-refractivity contribution < 1.29 is 9.53 Å². The largest absolute Gasteiger partial charge is 0.492 e. The zero-order valence-electron chi connectivity index (χ0n) is 12.6. The van der Waals surface area contributed by atoms with Gasteiger partial charge in [-0.15, -0.1) is 0 Å². The van der Waals surface area contributed by atoms with Crippen LogP contribution >= 0.6 is 0 Å². The Balaban J connectivity index is 1.96. The second-order valence-electron chi connectivity index (χ2n) is 4.97. The molecule has 0 atom stereocenters. The third-order valence-electron chi connectivity index (χ3n) is 3.19. The molecule has 0 heterocycles. The predicted molar refractivity (Wildman–Crippen MR) is 85.7 cm³/mol. The molecule has 3 nitrogen and oxygen atoms in total. The Labute approximate surface area is 126 Å². The normalized spacial score (nSPS) is 10.2. The SMILES string of the molecule is CCOc1cc(C)ccc1NC(=O)CCc1ccccc1. The van der Waals surface area contributed by atoms with Gasteiger partial charge in [-0.2, -0.15) is 0 Å². The Morgan fingerprint density at radius 3 is 2.62 bits per heavy atom. The van der Waals surface area contributed by atoms with E-state index in [1.54, 1.807) is 0 Å². The molecule has 0 saturated carbocycles. The van der Waals surface area contributed by atoms with Crippen molar-refractivity contribution in [1.82, 2.24) is 0 Å². The molecule has 0 saturated heterocycles. The zero-order chi connectivity index (χ0) is 15.1. The molecule has 21 heavy (non-hydrogen) atoms. The highest BCUT2D eigenvalue weighted by atomic mass is 16.5. The van der Waals surface area contributed by atoms with Crippen molar-refractivity contribution in [2.45, 2.75) is 26.7 Å². The maximum absolute atomic E-state index is 12.1. The lowest BCUT2D eigenvalue weighted by Gasteiger charge is -2.12. The number of carbonyl (C=O) groups excluding carboxylic acids is 1. The molecule has 2 aromatic rings. The molecule has 2 aromatic carbocycles. The minimum absolute atomic E-state index is 0.00339. The van der Waals surface area contributed by atoms with Crippen LogP contribution in [0, 0.1) is 6.92 Å². The van der Waals surface area contributed by atoms with Gasteiger partial charge >= 0.3 is 0 Å². The summed E-state index contributed by atoms with van der Waals surface area (Å²) in [6.45, 7) is 4.52. The summed E-state index contributed by atoms with van der Waals surface area (Å²) in [6, 6.07) is 15.8. The molecular weight excluding hydrogens is 262 g/mol. The van der Waals surface area contributed by atoms with Crippen LogP contribution < -0.4 is 10.1 Å². The third kappa shape index (κ3) is 4.63. The van der Waals surface area contributed by atoms with Crippen molar-refractivity contribution in [3.05, 3.63) is 59.7 Å². The first-order valence-electron chi connectivity index (χ1n) is 7.26. The maximum Gasteiger partial charge on any atom is 0.224 e. The van der Waals surface area contributed by atoms with Crippen molar-refractivity contribution in [2.75, 3.05) is 11.9 Å². The van der Waals surface area contributed by atoms with E-state index in [0.717, 1.165) is 23.4 Å². The summed E-state index contributed by atoms with van der Waals surface area (Å²) < 4.78 is 5.57. The average molecular weight is 283 g/mol. The standard InChI is InChI=1S/C18H21NO2/c1-3-21-17-13-14(2)9-11-16(17)19-18(20)12-10-15-7-5-4-6-8-15/h4-9,11,13H,3,10,12H2,1-2H3,(H,19,20). The zero-order valence-corrected chi connectivity index (χ0v) is 12.6. The number of carbonyl (C=O) groups is 1. The topological polar surface area (TPSA) is 38.3 Å². The van der Waals surface area contributed by atoms with Crippen LogP contribution in [0.3, 0.4) is 0 Å². The van der Waals surface area contributed by atoms with Crippen LogP contribution in [-0.2, 0) is 11.2 Å². The summed E-state index contributed by atoms with van der Waals surface area (Å²) in [5.41, 5.74) is 3.02. The van der Waals surface area contributed by atoms with Crippen LogP contribution in [0.15, 0.2) is 48.5 Å². The minimum Gasteiger partial charge on any atom is -0.492 e. The summed E-state index contributed by atoms with van der Waals surface area (Å²) in [5.74, 6) is 0.731. The molecule has 0 aliphatic rings. The second kappa shape index (κ2) is 7.48. The summed E-state index contributed by atoms with van der Waals surface area (Å²) in [5, 5.41) is 2.93. The van der Waals surface area contributed by atoms with Crippen molar-refractivity contribution >= 4 is 11.6 Å². The van der Waals surface area contributed by atoms with Crippen molar-refractivity contribution in [2.24, 2.45) is 0 Å². The molecule has 0 fully saturated rings. The molecule has 0 radical (unpaired) electrons. The lowest BCUT2D eigenvalue weighted by molar-refractivity contribution is -0.116. The summed E-state index contributed by atoms with van der Waals surface area (Å²) in [6.07, 6.45) is 1.20. The molecule has 0 aliphatic carbocycles. The lowest BCUT2D eigenvalue weighted by Crippen LogP contribution is -2.13. The number of hydrogen-bond acceptors (Lipinski definition) is 2. The van der Waals surface area contributed by atoms with E-state index >= 15 is 0 Å². The first-order chi connectivity index (χ1) is 10.2. The molecule has 1 N–H and O–H groups in total. The molecule has 0 aromatic heterocycles. The quantitative estimate of drug-likeness (QED) is 0.871. The smallest absolute Gasteiger partial charge is 0.224 e. The molecule has 0 unspecified atom stereocenters. The number of nitrogens with one attached hydrogen (secondary N) is 1. The monoisotopic (exact) mass is 283 g/mol. The van der Waals surface area contributed by atoms with Crippen LogP contribution in [0.25, 0.3) is 0 Å². The molecule has 0 spiro atoms. The van der Waals surface area contributed by atoms with E-state index in [4.69, 9.17) is 4.74 Å². The lowest BCUT2D eigenvalue weighted by atomic mass is 10.1. The first kappa shape index (κ1) is 15.1. The second-order valence-corrected chi connectivity index (χ2v) is 4.97. The van der Waals surface area contributed by atoms with Crippen LogP contribution in [0.4, 0.5) is 5.69 Å². The number of amides is 1. The van der Waals surface area contributed by atoms with Gasteiger partial charge in [0.25, 0.3) is 0 Å². The maximum atomic E-state index is 12.1. The van der Waals surface area contributed by atoms with E-state index in [9.17, 15) is 4.79 Å². The number of anilines is 1. The fraction of sp³-hybridized carbons (Fsp3) is 0.278. The fourth-order valence-corrected chi connectivity index (χ4v) is 2.12. The number of aryl methyl sites for hydroxylation is 2. The van der Waals surface area contributed by atoms with E-state index < -0.39 is 0 Å². The molecule has 1 amide bonds. The van der Waals surface area contributed by atoms with Crippen LogP contribution in [0.5, 0.6) is 5.75 Å². The van der Waals surface area contributed by atoms with Crippen molar-refractivity contribution in [3.63, 3.8) is 0 Å². The van der Waals surface area contributed by atoms with Gasteiger partial charge in [-0.1, -0.05) is 36.4 Å². The van der Waals surface area contributed by atoms with Crippen LogP contribution in [0.1, 0.15) is 24.5 Å². The Kier molecular flexibility index (Phi) is 5.38. The Bertz CT molecular complexity index is 593. The van der Waals surface area contributed by atoms with Gasteiger partial charge in [0.15, 0.2) is 0 Å². The molecule has 110 valence electrons. The first-order valence-corrected chi connectivity index (χ1v) is 7.26. The Morgan fingerprint density at radius 2 is 1.90 bits per heavy atom. The highest BCUT2D eigenvalue weighted by Crippen LogP contribution is 2.26. The molecule has 2 rings (SSSR count). The van der Waals surface area contributed by atoms with Crippen molar-refractivity contribution in [1.29, 1.82) is 0 Å². The molecule has 0 bridgehead atoms. The molecule has 3 heteroatoms. The number of ether oxygens (including phenoxy) is 1. The van der Waals surface area contributed by atoms with Gasteiger partial charge in [-0.25, -0.2) is 0 Å². The predicted octanol–water partition coefficient (Wildman–Crippen LogP) is 3.97. The van der Waals surface area contributed by atoms with Gasteiger partial charge in [0.05, 0.1) is 12.3 Å².